The number of ether oxygens (including phenoxy) is 2. The minimum atomic E-state index is 0.0160. The molecule has 0 aliphatic rings. The average molecular weight is 294 g/mol. The summed E-state index contributed by atoms with van der Waals surface area (Å²) in [5, 5.41) is 6.00. The van der Waals surface area contributed by atoms with Crippen LogP contribution in [-0.4, -0.2) is 32.7 Å². The van der Waals surface area contributed by atoms with Crippen molar-refractivity contribution < 1.29 is 14.3 Å². The Morgan fingerprint density at radius 1 is 1.29 bits per heavy atom. The molecule has 1 aromatic rings. The van der Waals surface area contributed by atoms with Gasteiger partial charge in [-0.05, 0) is 30.5 Å². The Morgan fingerprint density at radius 2 is 2.05 bits per heavy atom. The van der Waals surface area contributed by atoms with Gasteiger partial charge < -0.3 is 20.1 Å². The molecule has 118 valence electrons. The molecule has 2 N–H and O–H groups in total. The molecule has 0 aliphatic heterocycles. The van der Waals surface area contributed by atoms with Crippen LogP contribution in [0.4, 0.5) is 0 Å². The van der Waals surface area contributed by atoms with E-state index < -0.39 is 0 Å². The largest absolute Gasteiger partial charge is 0.493 e. The highest BCUT2D eigenvalue weighted by Gasteiger charge is 2.06. The quantitative estimate of drug-likeness (QED) is 0.731. The lowest BCUT2D eigenvalue weighted by molar-refractivity contribution is -0.120. The molecule has 1 rings (SSSR count). The van der Waals surface area contributed by atoms with Crippen molar-refractivity contribution in [2.45, 2.75) is 27.3 Å². The van der Waals surface area contributed by atoms with Crippen molar-refractivity contribution in [3.8, 4) is 11.5 Å². The minimum absolute atomic E-state index is 0.0160. The lowest BCUT2D eigenvalue weighted by Crippen LogP contribution is -2.35. The van der Waals surface area contributed by atoms with E-state index in [-0.39, 0.29) is 5.91 Å². The molecule has 1 amide bonds. The van der Waals surface area contributed by atoms with Gasteiger partial charge in [0, 0.05) is 13.1 Å². The molecule has 5 nitrogen and oxygen atoms in total. The Balaban J connectivity index is 2.44. The molecule has 0 unspecified atom stereocenters. The van der Waals surface area contributed by atoms with E-state index in [1.807, 2.05) is 25.1 Å². The monoisotopic (exact) mass is 294 g/mol. The van der Waals surface area contributed by atoms with Gasteiger partial charge in [-0.3, -0.25) is 4.79 Å². The summed E-state index contributed by atoms with van der Waals surface area (Å²) in [5.74, 6) is 1.92. The third-order valence-corrected chi connectivity index (χ3v) is 2.85. The number of carbonyl (C=O) groups is 1. The Hall–Kier alpha value is -1.75. The van der Waals surface area contributed by atoms with Gasteiger partial charge in [0.2, 0.25) is 5.91 Å². The van der Waals surface area contributed by atoms with Crippen LogP contribution >= 0.6 is 0 Å². The molecule has 0 heterocycles. The smallest absolute Gasteiger partial charge is 0.233 e. The van der Waals surface area contributed by atoms with Crippen molar-refractivity contribution in [1.29, 1.82) is 0 Å². The summed E-state index contributed by atoms with van der Waals surface area (Å²) in [6.45, 7) is 8.29. The maximum atomic E-state index is 11.6. The summed E-state index contributed by atoms with van der Waals surface area (Å²) in [7, 11) is 1.62. The first-order chi connectivity index (χ1) is 10.1. The molecule has 0 saturated heterocycles. The van der Waals surface area contributed by atoms with Crippen molar-refractivity contribution in [3.05, 3.63) is 23.8 Å². The SMILES string of the molecule is CCOc1cc(CNCC(=O)NCC(C)C)ccc1OC. The Kier molecular flexibility index (Phi) is 7.61. The van der Waals surface area contributed by atoms with Crippen LogP contribution in [0.2, 0.25) is 0 Å². The summed E-state index contributed by atoms with van der Waals surface area (Å²) < 4.78 is 10.8. The third-order valence-electron chi connectivity index (χ3n) is 2.85. The first kappa shape index (κ1) is 17.3. The van der Waals surface area contributed by atoms with Crippen LogP contribution < -0.4 is 20.1 Å². The Labute approximate surface area is 127 Å². The molecule has 0 aromatic heterocycles. The van der Waals surface area contributed by atoms with Gasteiger partial charge in [0.15, 0.2) is 11.5 Å². The van der Waals surface area contributed by atoms with Crippen LogP contribution in [0.1, 0.15) is 26.3 Å². The van der Waals surface area contributed by atoms with E-state index in [4.69, 9.17) is 9.47 Å². The van der Waals surface area contributed by atoms with Crippen molar-refractivity contribution >= 4 is 5.91 Å². The molecule has 0 atom stereocenters. The molecule has 1 aromatic carbocycles. The molecule has 0 spiro atoms. The van der Waals surface area contributed by atoms with Gasteiger partial charge >= 0.3 is 0 Å². The number of amides is 1. The van der Waals surface area contributed by atoms with Crippen LogP contribution in [0.15, 0.2) is 18.2 Å². The van der Waals surface area contributed by atoms with Gasteiger partial charge in [0.25, 0.3) is 0 Å². The highest BCUT2D eigenvalue weighted by atomic mass is 16.5. The van der Waals surface area contributed by atoms with E-state index in [0.29, 0.717) is 32.2 Å². The van der Waals surface area contributed by atoms with Crippen molar-refractivity contribution in [2.75, 3.05) is 26.8 Å². The van der Waals surface area contributed by atoms with Gasteiger partial charge in [-0.1, -0.05) is 19.9 Å². The van der Waals surface area contributed by atoms with Crippen molar-refractivity contribution in [3.63, 3.8) is 0 Å². The highest BCUT2D eigenvalue weighted by Crippen LogP contribution is 2.27. The standard InChI is InChI=1S/C16H26N2O3/c1-5-21-15-8-13(6-7-14(15)20-4)10-17-11-16(19)18-9-12(2)3/h6-8,12,17H,5,9-11H2,1-4H3,(H,18,19). The number of carbonyl (C=O) groups excluding carboxylic acids is 1. The third kappa shape index (κ3) is 6.49. The maximum absolute atomic E-state index is 11.6. The molecule has 0 saturated carbocycles. The average Bonchev–Trinajstić information content (AvgIpc) is 2.46. The fourth-order valence-electron chi connectivity index (χ4n) is 1.80. The zero-order valence-electron chi connectivity index (χ0n) is 13.4. The number of benzene rings is 1. The van der Waals surface area contributed by atoms with Crippen LogP contribution in [0.5, 0.6) is 11.5 Å². The minimum Gasteiger partial charge on any atom is -0.493 e. The van der Waals surface area contributed by atoms with Crippen LogP contribution in [0, 0.1) is 5.92 Å². The fourth-order valence-corrected chi connectivity index (χ4v) is 1.80. The van der Waals surface area contributed by atoms with Gasteiger partial charge in [0.05, 0.1) is 20.3 Å². The molecule has 5 heteroatoms. The number of rotatable bonds is 9. The van der Waals surface area contributed by atoms with E-state index >= 15 is 0 Å². The predicted octanol–water partition coefficient (Wildman–Crippen LogP) is 1.96. The van der Waals surface area contributed by atoms with Gasteiger partial charge in [0.1, 0.15) is 0 Å². The number of nitrogens with one attached hydrogen (secondary N) is 2. The highest BCUT2D eigenvalue weighted by molar-refractivity contribution is 5.77. The maximum Gasteiger partial charge on any atom is 0.233 e. The Bertz CT molecular complexity index is 447. The second-order valence-electron chi connectivity index (χ2n) is 5.22. The zero-order chi connectivity index (χ0) is 15.7. The molecule has 0 fully saturated rings. The van der Waals surface area contributed by atoms with E-state index in [0.717, 1.165) is 17.1 Å². The summed E-state index contributed by atoms with van der Waals surface area (Å²) >= 11 is 0. The lowest BCUT2D eigenvalue weighted by atomic mass is 10.2. The first-order valence-corrected chi connectivity index (χ1v) is 7.34. The Morgan fingerprint density at radius 3 is 2.67 bits per heavy atom. The second kappa shape index (κ2) is 9.23. The summed E-state index contributed by atoms with van der Waals surface area (Å²) in [6.07, 6.45) is 0. The van der Waals surface area contributed by atoms with E-state index in [2.05, 4.69) is 24.5 Å². The van der Waals surface area contributed by atoms with Crippen molar-refractivity contribution in [2.24, 2.45) is 5.92 Å². The molecule has 0 radical (unpaired) electrons. The van der Waals surface area contributed by atoms with Crippen molar-refractivity contribution in [1.82, 2.24) is 10.6 Å². The van der Waals surface area contributed by atoms with Gasteiger partial charge in [-0.2, -0.15) is 0 Å². The molecule has 0 aliphatic carbocycles. The topological polar surface area (TPSA) is 59.6 Å². The molecular weight excluding hydrogens is 268 g/mol. The molecule has 21 heavy (non-hydrogen) atoms. The second-order valence-corrected chi connectivity index (χ2v) is 5.22. The summed E-state index contributed by atoms with van der Waals surface area (Å²) in [6, 6.07) is 5.77. The number of hydrogen-bond donors (Lipinski definition) is 2. The van der Waals surface area contributed by atoms with E-state index in [1.165, 1.54) is 0 Å². The predicted molar refractivity (Wildman–Crippen MR) is 83.7 cm³/mol. The summed E-state index contributed by atoms with van der Waals surface area (Å²) in [4.78, 5) is 11.6. The fraction of sp³-hybridized carbons (Fsp3) is 0.562. The van der Waals surface area contributed by atoms with Gasteiger partial charge in [-0.15, -0.1) is 0 Å². The molecule has 0 bridgehead atoms. The van der Waals surface area contributed by atoms with Gasteiger partial charge in [-0.25, -0.2) is 0 Å². The van der Waals surface area contributed by atoms with E-state index in [9.17, 15) is 4.79 Å². The van der Waals surface area contributed by atoms with Crippen LogP contribution in [0.3, 0.4) is 0 Å². The number of hydrogen-bond acceptors (Lipinski definition) is 4. The van der Waals surface area contributed by atoms with Crippen LogP contribution in [-0.2, 0) is 11.3 Å². The summed E-state index contributed by atoms with van der Waals surface area (Å²) in [5.41, 5.74) is 1.05. The lowest BCUT2D eigenvalue weighted by Gasteiger charge is -2.12. The van der Waals surface area contributed by atoms with Crippen LogP contribution in [0.25, 0.3) is 0 Å². The number of methoxy groups -OCH3 is 1. The zero-order valence-corrected chi connectivity index (χ0v) is 13.4. The molecular formula is C16H26N2O3. The normalized spacial score (nSPS) is 10.5. The van der Waals surface area contributed by atoms with E-state index in [1.54, 1.807) is 7.11 Å². The first-order valence-electron chi connectivity index (χ1n) is 7.34.